The van der Waals surface area contributed by atoms with Crippen LogP contribution in [-0.2, 0) is 20.5 Å². The average Bonchev–Trinajstić information content (AvgIpc) is 2.97. The van der Waals surface area contributed by atoms with Gasteiger partial charge in [0.1, 0.15) is 6.04 Å². The topological polar surface area (TPSA) is 109 Å². The summed E-state index contributed by atoms with van der Waals surface area (Å²) in [7, 11) is 0. The van der Waals surface area contributed by atoms with Gasteiger partial charge in [-0.25, -0.2) is 0 Å². The lowest BCUT2D eigenvalue weighted by Crippen LogP contribution is -2.43. The molecule has 0 saturated carbocycles. The molecule has 1 atom stereocenters. The van der Waals surface area contributed by atoms with Crippen LogP contribution in [0.2, 0.25) is 0 Å². The van der Waals surface area contributed by atoms with E-state index in [4.69, 9.17) is 10.5 Å². The first kappa shape index (κ1) is 29.6. The van der Waals surface area contributed by atoms with Gasteiger partial charge in [-0.1, -0.05) is 36.4 Å². The second-order valence-electron chi connectivity index (χ2n) is 9.47. The van der Waals surface area contributed by atoms with Crippen molar-refractivity contribution in [2.45, 2.75) is 12.2 Å². The molecule has 0 aliphatic carbocycles. The van der Waals surface area contributed by atoms with E-state index in [1.54, 1.807) is 54.6 Å². The number of nitrogens with zero attached hydrogens (tertiary/aromatic N) is 1. The molecule has 0 aromatic heterocycles. The average molecular weight is 568 g/mol. The van der Waals surface area contributed by atoms with Crippen molar-refractivity contribution in [2.24, 2.45) is 0 Å². The number of hydrogen-bond donors (Lipinski definition) is 4. The van der Waals surface area contributed by atoms with Gasteiger partial charge in [0.2, 0.25) is 11.8 Å². The number of carbonyl (C=O) groups excluding carboxylic acids is 2. The third-order valence-corrected chi connectivity index (χ3v) is 6.53. The fourth-order valence-electron chi connectivity index (χ4n) is 4.24. The molecule has 1 fully saturated rings. The number of hydrogen-bond acceptors (Lipinski definition) is 6. The molecule has 1 unspecified atom stereocenters. The summed E-state index contributed by atoms with van der Waals surface area (Å²) in [6.07, 6.45) is -1.46. The molecule has 8 nitrogen and oxygen atoms in total. The Morgan fingerprint density at radius 1 is 0.976 bits per heavy atom. The largest absolute Gasteiger partial charge is 0.416 e. The zero-order valence-electron chi connectivity index (χ0n) is 22.3. The quantitative estimate of drug-likeness (QED) is 0.212. The van der Waals surface area contributed by atoms with Gasteiger partial charge >= 0.3 is 6.18 Å². The summed E-state index contributed by atoms with van der Waals surface area (Å²) in [5, 5.41) is 8.70. The van der Waals surface area contributed by atoms with Gasteiger partial charge in [0.05, 0.1) is 30.2 Å². The van der Waals surface area contributed by atoms with Crippen LogP contribution in [0.15, 0.2) is 78.9 Å². The molecular formula is C30H32F3N5O3. The third-order valence-electron chi connectivity index (χ3n) is 6.53. The van der Waals surface area contributed by atoms with E-state index in [9.17, 15) is 22.8 Å². The Hall–Kier alpha value is -4.35. The Balaban J connectivity index is 1.44. The van der Waals surface area contributed by atoms with E-state index in [0.717, 1.165) is 25.2 Å². The number of anilines is 3. The van der Waals surface area contributed by atoms with Crippen molar-refractivity contribution in [3.8, 4) is 0 Å². The monoisotopic (exact) mass is 567 g/mol. The van der Waals surface area contributed by atoms with Gasteiger partial charge in [-0.3, -0.25) is 14.5 Å². The molecule has 3 aromatic rings. The van der Waals surface area contributed by atoms with Crippen molar-refractivity contribution >= 4 is 35.0 Å². The van der Waals surface area contributed by atoms with Crippen LogP contribution >= 0.6 is 0 Å². The number of carbonyl (C=O) groups is 2. The van der Waals surface area contributed by atoms with Crippen LogP contribution in [0.3, 0.4) is 0 Å². The molecule has 4 rings (SSSR count). The number of rotatable bonds is 10. The maximum absolute atomic E-state index is 13.2. The molecule has 0 bridgehead atoms. The molecule has 1 aliphatic heterocycles. The predicted octanol–water partition coefficient (Wildman–Crippen LogP) is 4.54. The van der Waals surface area contributed by atoms with Gasteiger partial charge < -0.3 is 26.4 Å². The molecule has 0 radical (unpaired) electrons. The van der Waals surface area contributed by atoms with Gasteiger partial charge in [0.15, 0.2) is 0 Å². The highest BCUT2D eigenvalue weighted by Gasteiger charge is 2.30. The van der Waals surface area contributed by atoms with Crippen molar-refractivity contribution < 1.29 is 27.5 Å². The van der Waals surface area contributed by atoms with Crippen LogP contribution in [0, 0.1) is 0 Å². The summed E-state index contributed by atoms with van der Waals surface area (Å²) in [6, 6.07) is 17.6. The molecule has 11 heteroatoms. The minimum atomic E-state index is -4.46. The second-order valence-corrected chi connectivity index (χ2v) is 9.47. The minimum Gasteiger partial charge on any atom is -0.397 e. The molecular weight excluding hydrogens is 535 g/mol. The van der Waals surface area contributed by atoms with Gasteiger partial charge in [0.25, 0.3) is 0 Å². The molecule has 0 spiro atoms. The van der Waals surface area contributed by atoms with E-state index in [2.05, 4.69) is 20.9 Å². The first-order valence-corrected chi connectivity index (χ1v) is 13.1. The Kier molecular flexibility index (Phi) is 9.99. The summed E-state index contributed by atoms with van der Waals surface area (Å²) in [6.45, 7) is 3.93. The van der Waals surface area contributed by atoms with Crippen molar-refractivity contribution in [2.75, 3.05) is 55.8 Å². The highest BCUT2D eigenvalue weighted by molar-refractivity contribution is 6.03. The number of nitrogens with one attached hydrogen (secondary N) is 3. The zero-order chi connectivity index (χ0) is 29.2. The molecule has 1 saturated heterocycles. The highest BCUT2D eigenvalue weighted by atomic mass is 19.4. The Morgan fingerprint density at radius 3 is 2.32 bits per heavy atom. The lowest BCUT2D eigenvalue weighted by Gasteiger charge is -2.27. The molecule has 2 amide bonds. The van der Waals surface area contributed by atoms with Crippen LogP contribution in [0.4, 0.5) is 30.2 Å². The third kappa shape index (κ3) is 8.82. The molecule has 1 heterocycles. The van der Waals surface area contributed by atoms with E-state index < -0.39 is 17.8 Å². The first-order chi connectivity index (χ1) is 19.7. The van der Waals surface area contributed by atoms with Crippen LogP contribution in [-0.4, -0.2) is 56.1 Å². The summed E-state index contributed by atoms with van der Waals surface area (Å²) in [5.74, 6) is -0.672. The molecule has 5 N–H and O–H groups in total. The van der Waals surface area contributed by atoms with Crippen LogP contribution in [0.5, 0.6) is 0 Å². The Bertz CT molecular complexity index is 1340. The summed E-state index contributed by atoms with van der Waals surface area (Å²) < 4.78 is 44.4. The number of amides is 2. The number of morpholine rings is 1. The van der Waals surface area contributed by atoms with Crippen molar-refractivity contribution in [1.82, 2.24) is 10.2 Å². The molecule has 3 aromatic carbocycles. The van der Waals surface area contributed by atoms with Crippen molar-refractivity contribution in [3.05, 3.63) is 95.6 Å². The lowest BCUT2D eigenvalue weighted by molar-refractivity contribution is -0.137. The van der Waals surface area contributed by atoms with Crippen molar-refractivity contribution in [3.63, 3.8) is 0 Å². The molecule has 216 valence electrons. The van der Waals surface area contributed by atoms with Crippen LogP contribution in [0.1, 0.15) is 22.7 Å². The van der Waals surface area contributed by atoms with E-state index >= 15 is 0 Å². The number of alkyl halides is 3. The summed E-state index contributed by atoms with van der Waals surface area (Å²) in [4.78, 5) is 27.7. The zero-order valence-corrected chi connectivity index (χ0v) is 22.3. The number of halogens is 3. The number of nitrogens with two attached hydrogens (primary N) is 1. The second kappa shape index (κ2) is 13.8. The molecule has 41 heavy (non-hydrogen) atoms. The minimum absolute atomic E-state index is 0.318. The molecule has 1 aliphatic rings. The number of nitrogen functional groups attached to an aromatic ring is 1. The maximum Gasteiger partial charge on any atom is 0.416 e. The fraction of sp³-hybridized carbons (Fsp3) is 0.267. The van der Waals surface area contributed by atoms with E-state index in [1.807, 2.05) is 0 Å². The highest BCUT2D eigenvalue weighted by Crippen LogP contribution is 2.30. The normalized spacial score (nSPS) is 14.9. The van der Waals surface area contributed by atoms with Gasteiger partial charge in [0, 0.05) is 37.9 Å². The van der Waals surface area contributed by atoms with Gasteiger partial charge in [-0.05, 0) is 53.6 Å². The first-order valence-electron chi connectivity index (χ1n) is 13.1. The Morgan fingerprint density at radius 2 is 1.66 bits per heavy atom. The van der Waals surface area contributed by atoms with E-state index in [0.29, 0.717) is 54.5 Å². The standard InChI is InChI=1S/C30H32F3N5O3/c31-30(32,33)23-10-12-24(13-11-23)36-28(29(40)35-15-16-38-17-19-41-20-18-38)22-8-5-21(6-9-22)7-14-27(39)37-26-4-2-1-3-25(26)34/h1-14,28,36H,15-20,34H2,(H,35,40)(H,37,39)/b14-7+. The van der Waals surface area contributed by atoms with E-state index in [1.165, 1.54) is 18.2 Å². The predicted molar refractivity (Wildman–Crippen MR) is 153 cm³/mol. The van der Waals surface area contributed by atoms with Crippen LogP contribution < -0.4 is 21.7 Å². The Labute approximate surface area is 236 Å². The number of para-hydroxylation sites is 2. The van der Waals surface area contributed by atoms with E-state index in [-0.39, 0.29) is 11.8 Å². The SMILES string of the molecule is Nc1ccccc1NC(=O)/C=C/c1ccc(C(Nc2ccc(C(F)(F)F)cc2)C(=O)NCCN2CCOCC2)cc1. The van der Waals surface area contributed by atoms with Gasteiger partial charge in [-0.2, -0.15) is 13.2 Å². The summed E-state index contributed by atoms with van der Waals surface area (Å²) >= 11 is 0. The number of benzene rings is 3. The smallest absolute Gasteiger partial charge is 0.397 e. The van der Waals surface area contributed by atoms with Crippen molar-refractivity contribution in [1.29, 1.82) is 0 Å². The van der Waals surface area contributed by atoms with Crippen LogP contribution in [0.25, 0.3) is 6.08 Å². The fourth-order valence-corrected chi connectivity index (χ4v) is 4.24. The maximum atomic E-state index is 13.2. The lowest BCUT2D eigenvalue weighted by atomic mass is 10.0. The summed E-state index contributed by atoms with van der Waals surface area (Å²) in [5.41, 5.74) is 7.73. The van der Waals surface area contributed by atoms with Gasteiger partial charge in [-0.15, -0.1) is 0 Å². The number of ether oxygens (including phenoxy) is 1.